The Morgan fingerprint density at radius 3 is 3.06 bits per heavy atom. The van der Waals surface area contributed by atoms with Gasteiger partial charge in [0.15, 0.2) is 0 Å². The first kappa shape index (κ1) is 10.1. The van der Waals surface area contributed by atoms with E-state index < -0.39 is 0 Å². The van der Waals surface area contributed by atoms with Gasteiger partial charge in [0.25, 0.3) is 0 Å². The summed E-state index contributed by atoms with van der Waals surface area (Å²) < 4.78 is 1.65. The molecule has 0 aliphatic heterocycles. The molecule has 16 heavy (non-hydrogen) atoms. The molecule has 2 atom stereocenters. The van der Waals surface area contributed by atoms with E-state index in [1.54, 1.807) is 17.7 Å². The van der Waals surface area contributed by atoms with Crippen molar-refractivity contribution < 1.29 is 0 Å². The number of aromatic nitrogens is 1. The van der Waals surface area contributed by atoms with Gasteiger partial charge in [-0.1, -0.05) is 12.5 Å². The number of nitrogens with one attached hydrogen (secondary N) is 1. The highest BCUT2D eigenvalue weighted by Gasteiger charge is 2.56. The molecule has 1 aromatic rings. The van der Waals surface area contributed by atoms with Gasteiger partial charge >= 0.3 is 0 Å². The number of aryl methyl sites for hydroxylation is 1. The van der Waals surface area contributed by atoms with Crippen molar-refractivity contribution in [1.29, 1.82) is 0 Å². The third-order valence-electron chi connectivity index (χ3n) is 4.20. The lowest BCUT2D eigenvalue weighted by molar-refractivity contribution is 0.478. The van der Waals surface area contributed by atoms with E-state index in [-0.39, 0.29) is 5.56 Å². The summed E-state index contributed by atoms with van der Waals surface area (Å²) in [5.74, 6) is 0.931. The summed E-state index contributed by atoms with van der Waals surface area (Å²) in [5, 5.41) is 3.68. The first-order valence-corrected chi connectivity index (χ1v) is 6.10. The Labute approximate surface area is 95.5 Å². The van der Waals surface area contributed by atoms with E-state index in [1.807, 2.05) is 12.3 Å². The van der Waals surface area contributed by atoms with E-state index in [1.165, 1.54) is 31.2 Å². The fourth-order valence-electron chi connectivity index (χ4n) is 3.07. The number of rotatable bonds is 3. The molecule has 0 radical (unpaired) electrons. The van der Waals surface area contributed by atoms with Gasteiger partial charge in [-0.25, -0.2) is 0 Å². The van der Waals surface area contributed by atoms with Gasteiger partial charge in [-0.15, -0.1) is 0 Å². The zero-order valence-electron chi connectivity index (χ0n) is 9.70. The normalized spacial score (nSPS) is 31.4. The van der Waals surface area contributed by atoms with Gasteiger partial charge in [0.2, 0.25) is 5.56 Å². The Morgan fingerprint density at radius 1 is 1.56 bits per heavy atom. The summed E-state index contributed by atoms with van der Waals surface area (Å²) in [6.07, 6.45) is 7.41. The van der Waals surface area contributed by atoms with Crippen LogP contribution < -0.4 is 10.9 Å². The van der Waals surface area contributed by atoms with Crippen LogP contribution in [0, 0.1) is 5.92 Å². The predicted octanol–water partition coefficient (Wildman–Crippen LogP) is 1.42. The molecule has 0 unspecified atom stereocenters. The van der Waals surface area contributed by atoms with E-state index in [0.717, 1.165) is 12.5 Å². The zero-order chi connectivity index (χ0) is 11.2. The number of nitrogens with zero attached hydrogens (tertiary/aromatic N) is 1. The van der Waals surface area contributed by atoms with Crippen molar-refractivity contribution in [3.63, 3.8) is 0 Å². The lowest BCUT2D eigenvalue weighted by Gasteiger charge is -2.14. The molecule has 2 saturated carbocycles. The van der Waals surface area contributed by atoms with Crippen LogP contribution in [-0.2, 0) is 13.6 Å². The second kappa shape index (κ2) is 3.45. The first-order chi connectivity index (χ1) is 7.70. The molecule has 2 fully saturated rings. The SMILES string of the molecule is Cn1cc(CN[C@@]23CCC[C@@H]2C3)ccc1=O. The van der Waals surface area contributed by atoms with E-state index in [2.05, 4.69) is 5.32 Å². The van der Waals surface area contributed by atoms with Gasteiger partial charge in [0.05, 0.1) is 0 Å². The maximum absolute atomic E-state index is 11.2. The molecule has 2 aliphatic carbocycles. The molecule has 0 bridgehead atoms. The van der Waals surface area contributed by atoms with E-state index in [0.29, 0.717) is 5.54 Å². The van der Waals surface area contributed by atoms with E-state index in [4.69, 9.17) is 0 Å². The highest BCUT2D eigenvalue weighted by molar-refractivity contribution is 5.17. The summed E-state index contributed by atoms with van der Waals surface area (Å²) in [4.78, 5) is 11.2. The monoisotopic (exact) mass is 218 g/mol. The van der Waals surface area contributed by atoms with Crippen LogP contribution in [0.25, 0.3) is 0 Å². The lowest BCUT2D eigenvalue weighted by Crippen LogP contribution is -2.31. The van der Waals surface area contributed by atoms with Gasteiger partial charge in [-0.2, -0.15) is 0 Å². The number of hydrogen-bond donors (Lipinski definition) is 1. The molecular weight excluding hydrogens is 200 g/mol. The Morgan fingerprint density at radius 2 is 2.44 bits per heavy atom. The van der Waals surface area contributed by atoms with Crippen molar-refractivity contribution in [1.82, 2.24) is 9.88 Å². The number of fused-ring (bicyclic) bond motifs is 1. The molecule has 1 heterocycles. The molecule has 0 spiro atoms. The van der Waals surface area contributed by atoms with Crippen molar-refractivity contribution >= 4 is 0 Å². The molecule has 0 aromatic carbocycles. The van der Waals surface area contributed by atoms with Gasteiger partial charge < -0.3 is 9.88 Å². The summed E-state index contributed by atoms with van der Waals surface area (Å²) in [5.41, 5.74) is 1.73. The van der Waals surface area contributed by atoms with Crippen LogP contribution in [0.1, 0.15) is 31.2 Å². The van der Waals surface area contributed by atoms with Crippen LogP contribution in [0.2, 0.25) is 0 Å². The average molecular weight is 218 g/mol. The van der Waals surface area contributed by atoms with E-state index >= 15 is 0 Å². The standard InChI is InChI=1S/C13H18N2O/c1-15-9-10(4-5-12(15)16)8-14-13-6-2-3-11(13)7-13/h4-5,9,11,14H,2-3,6-8H2,1H3/t11-,13-/m1/s1. The molecule has 3 nitrogen and oxygen atoms in total. The largest absolute Gasteiger partial charge is 0.318 e. The molecule has 3 rings (SSSR count). The molecule has 86 valence electrons. The fourth-order valence-corrected chi connectivity index (χ4v) is 3.07. The molecular formula is C13H18N2O. The molecule has 0 saturated heterocycles. The minimum atomic E-state index is 0.0621. The highest BCUT2D eigenvalue weighted by Crippen LogP contribution is 2.55. The van der Waals surface area contributed by atoms with Gasteiger partial charge in [-0.3, -0.25) is 4.79 Å². The van der Waals surface area contributed by atoms with Crippen molar-refractivity contribution in [2.75, 3.05) is 0 Å². The summed E-state index contributed by atoms with van der Waals surface area (Å²) in [7, 11) is 1.81. The van der Waals surface area contributed by atoms with Crippen LogP contribution in [0.5, 0.6) is 0 Å². The molecule has 0 amide bonds. The number of pyridine rings is 1. The van der Waals surface area contributed by atoms with Crippen LogP contribution in [0.4, 0.5) is 0 Å². The molecule has 1 aromatic heterocycles. The summed E-state index contributed by atoms with van der Waals surface area (Å²) in [6, 6.07) is 3.58. The van der Waals surface area contributed by atoms with Crippen molar-refractivity contribution in [3.8, 4) is 0 Å². The second-order valence-corrected chi connectivity index (χ2v) is 5.29. The maximum atomic E-state index is 11.2. The van der Waals surface area contributed by atoms with Crippen LogP contribution in [0.3, 0.4) is 0 Å². The summed E-state index contributed by atoms with van der Waals surface area (Å²) in [6.45, 7) is 0.893. The Hall–Kier alpha value is -1.09. The number of hydrogen-bond acceptors (Lipinski definition) is 2. The van der Waals surface area contributed by atoms with Crippen molar-refractivity contribution in [3.05, 3.63) is 34.2 Å². The Balaban J connectivity index is 1.66. The third-order valence-corrected chi connectivity index (χ3v) is 4.20. The van der Waals surface area contributed by atoms with E-state index in [9.17, 15) is 4.79 Å². The highest BCUT2D eigenvalue weighted by atomic mass is 16.1. The van der Waals surface area contributed by atoms with Gasteiger partial charge in [0.1, 0.15) is 0 Å². The second-order valence-electron chi connectivity index (χ2n) is 5.29. The third kappa shape index (κ3) is 1.59. The maximum Gasteiger partial charge on any atom is 0.250 e. The van der Waals surface area contributed by atoms with Crippen LogP contribution in [-0.4, -0.2) is 10.1 Å². The molecule has 2 aliphatic rings. The smallest absolute Gasteiger partial charge is 0.250 e. The quantitative estimate of drug-likeness (QED) is 0.832. The van der Waals surface area contributed by atoms with Crippen molar-refractivity contribution in [2.24, 2.45) is 13.0 Å². The Bertz CT molecular complexity index is 465. The molecule has 3 heteroatoms. The zero-order valence-corrected chi connectivity index (χ0v) is 9.70. The first-order valence-electron chi connectivity index (χ1n) is 6.10. The van der Waals surface area contributed by atoms with Crippen LogP contribution in [0.15, 0.2) is 23.1 Å². The Kier molecular flexibility index (Phi) is 2.18. The van der Waals surface area contributed by atoms with Gasteiger partial charge in [0, 0.05) is 31.4 Å². The van der Waals surface area contributed by atoms with Gasteiger partial charge in [-0.05, 0) is 30.7 Å². The van der Waals surface area contributed by atoms with Crippen LogP contribution >= 0.6 is 0 Å². The topological polar surface area (TPSA) is 34.0 Å². The fraction of sp³-hybridized carbons (Fsp3) is 0.615. The average Bonchev–Trinajstić information content (AvgIpc) is 2.83. The minimum Gasteiger partial charge on any atom is -0.318 e. The summed E-state index contributed by atoms with van der Waals surface area (Å²) >= 11 is 0. The molecule has 1 N–H and O–H groups in total. The lowest BCUT2D eigenvalue weighted by atomic mass is 10.2. The minimum absolute atomic E-state index is 0.0621. The predicted molar refractivity (Wildman–Crippen MR) is 63.2 cm³/mol. The van der Waals surface area contributed by atoms with Crippen molar-refractivity contribution in [2.45, 2.75) is 37.8 Å².